The monoisotopic (exact) mass is 262 g/mol. The lowest BCUT2D eigenvalue weighted by molar-refractivity contribution is 0.301. The molecule has 1 heterocycles. The molecule has 96 valence electrons. The molecule has 1 saturated heterocycles. The number of nitriles is 1. The Kier molecular flexibility index (Phi) is 3.82. The van der Waals surface area contributed by atoms with Crippen LogP contribution in [-0.2, 0) is 0 Å². The molecule has 1 aliphatic heterocycles. The van der Waals surface area contributed by atoms with E-state index in [4.69, 9.17) is 11.6 Å². The third kappa shape index (κ3) is 2.20. The van der Waals surface area contributed by atoms with Crippen LogP contribution >= 0.6 is 11.6 Å². The lowest BCUT2D eigenvalue weighted by Crippen LogP contribution is -2.26. The maximum absolute atomic E-state index is 9.24. The van der Waals surface area contributed by atoms with Gasteiger partial charge in [-0.25, -0.2) is 0 Å². The normalized spacial score (nSPS) is 17.8. The van der Waals surface area contributed by atoms with Crippen molar-refractivity contribution in [2.75, 3.05) is 18.0 Å². The van der Waals surface area contributed by atoms with Crippen LogP contribution in [0.15, 0.2) is 18.2 Å². The molecule has 1 aromatic rings. The topological polar surface area (TPSA) is 27.0 Å². The Hall–Kier alpha value is -1.20. The standard InChI is InChI=1S/C15H19ClN2/c1-3-15(4-2)8-9-18(11-15)14-7-5-6-13(16)12(14)10-17/h5-7H,3-4,8-9,11H2,1-2H3. The predicted molar refractivity (Wildman–Crippen MR) is 76.0 cm³/mol. The van der Waals surface area contributed by atoms with E-state index in [-0.39, 0.29) is 0 Å². The van der Waals surface area contributed by atoms with Crippen molar-refractivity contribution in [2.24, 2.45) is 5.41 Å². The van der Waals surface area contributed by atoms with Crippen LogP contribution in [0.4, 0.5) is 5.69 Å². The first-order valence-corrected chi connectivity index (χ1v) is 6.97. The first-order valence-electron chi connectivity index (χ1n) is 6.59. The molecule has 0 unspecified atom stereocenters. The van der Waals surface area contributed by atoms with Crippen LogP contribution in [0.1, 0.15) is 38.7 Å². The fraction of sp³-hybridized carbons (Fsp3) is 0.533. The average Bonchev–Trinajstić information content (AvgIpc) is 2.83. The molecule has 0 aromatic heterocycles. The second-order valence-electron chi connectivity index (χ2n) is 5.12. The van der Waals surface area contributed by atoms with E-state index in [0.29, 0.717) is 16.0 Å². The summed E-state index contributed by atoms with van der Waals surface area (Å²) < 4.78 is 0. The third-order valence-corrected chi connectivity index (χ3v) is 4.70. The Labute approximate surface area is 114 Å². The van der Waals surface area contributed by atoms with Gasteiger partial charge in [0.2, 0.25) is 0 Å². The van der Waals surface area contributed by atoms with Gasteiger partial charge in [0.1, 0.15) is 6.07 Å². The van der Waals surface area contributed by atoms with E-state index in [9.17, 15) is 5.26 Å². The van der Waals surface area contributed by atoms with Crippen molar-refractivity contribution in [3.05, 3.63) is 28.8 Å². The second-order valence-corrected chi connectivity index (χ2v) is 5.53. The number of rotatable bonds is 3. The molecule has 0 radical (unpaired) electrons. The zero-order chi connectivity index (χ0) is 13.2. The summed E-state index contributed by atoms with van der Waals surface area (Å²) in [4.78, 5) is 2.32. The molecule has 0 saturated carbocycles. The van der Waals surface area contributed by atoms with Gasteiger partial charge in [0.05, 0.1) is 16.3 Å². The maximum Gasteiger partial charge on any atom is 0.103 e. The van der Waals surface area contributed by atoms with Crippen molar-refractivity contribution in [1.29, 1.82) is 5.26 Å². The van der Waals surface area contributed by atoms with Gasteiger partial charge in [-0.2, -0.15) is 5.26 Å². The zero-order valence-corrected chi connectivity index (χ0v) is 11.8. The van der Waals surface area contributed by atoms with Crippen LogP contribution in [0.25, 0.3) is 0 Å². The van der Waals surface area contributed by atoms with Crippen molar-refractivity contribution >= 4 is 17.3 Å². The van der Waals surface area contributed by atoms with Crippen molar-refractivity contribution < 1.29 is 0 Å². The van der Waals surface area contributed by atoms with Crippen LogP contribution in [0, 0.1) is 16.7 Å². The Bertz CT molecular complexity index is 472. The molecular formula is C15H19ClN2. The molecule has 1 aliphatic rings. The predicted octanol–water partition coefficient (Wildman–Crippen LogP) is 4.23. The first-order chi connectivity index (χ1) is 8.65. The van der Waals surface area contributed by atoms with E-state index in [1.54, 1.807) is 6.07 Å². The summed E-state index contributed by atoms with van der Waals surface area (Å²) in [5.74, 6) is 0. The van der Waals surface area contributed by atoms with Crippen molar-refractivity contribution in [1.82, 2.24) is 0 Å². The molecule has 18 heavy (non-hydrogen) atoms. The number of benzene rings is 1. The minimum absolute atomic E-state index is 0.412. The molecule has 1 aromatic carbocycles. The summed E-state index contributed by atoms with van der Waals surface area (Å²) in [6.45, 7) is 6.58. The van der Waals surface area contributed by atoms with Gasteiger partial charge in [-0.1, -0.05) is 31.5 Å². The SMILES string of the molecule is CCC1(CC)CCN(c2cccc(Cl)c2C#N)C1. The van der Waals surface area contributed by atoms with Crippen molar-refractivity contribution in [3.8, 4) is 6.07 Å². The summed E-state index contributed by atoms with van der Waals surface area (Å²) in [5, 5.41) is 9.80. The van der Waals surface area contributed by atoms with Gasteiger partial charge in [0, 0.05) is 13.1 Å². The molecular weight excluding hydrogens is 244 g/mol. The lowest BCUT2D eigenvalue weighted by atomic mass is 9.82. The smallest absolute Gasteiger partial charge is 0.103 e. The highest BCUT2D eigenvalue weighted by Gasteiger charge is 2.35. The lowest BCUT2D eigenvalue weighted by Gasteiger charge is -2.27. The third-order valence-electron chi connectivity index (χ3n) is 4.38. The maximum atomic E-state index is 9.24. The van der Waals surface area contributed by atoms with E-state index in [1.807, 2.05) is 12.1 Å². The molecule has 0 spiro atoms. The zero-order valence-electron chi connectivity index (χ0n) is 11.0. The van der Waals surface area contributed by atoms with E-state index >= 15 is 0 Å². The van der Waals surface area contributed by atoms with Crippen molar-refractivity contribution in [3.63, 3.8) is 0 Å². The number of hydrogen-bond donors (Lipinski definition) is 0. The number of anilines is 1. The molecule has 2 nitrogen and oxygen atoms in total. The van der Waals surface area contributed by atoms with E-state index in [1.165, 1.54) is 19.3 Å². The Morgan fingerprint density at radius 3 is 2.67 bits per heavy atom. The highest BCUT2D eigenvalue weighted by atomic mass is 35.5. The molecule has 0 atom stereocenters. The Balaban J connectivity index is 2.30. The first kappa shape index (κ1) is 13.2. The summed E-state index contributed by atoms with van der Waals surface area (Å²) in [6, 6.07) is 7.95. The van der Waals surface area contributed by atoms with Gasteiger partial charge in [0.15, 0.2) is 0 Å². The number of hydrogen-bond acceptors (Lipinski definition) is 2. The van der Waals surface area contributed by atoms with E-state index in [0.717, 1.165) is 18.8 Å². The quantitative estimate of drug-likeness (QED) is 0.815. The minimum atomic E-state index is 0.412. The molecule has 3 heteroatoms. The summed E-state index contributed by atoms with van der Waals surface area (Å²) in [5.41, 5.74) is 2.02. The van der Waals surface area contributed by atoms with Gasteiger partial charge in [0.25, 0.3) is 0 Å². The fourth-order valence-corrected chi connectivity index (χ4v) is 3.07. The molecule has 1 fully saturated rings. The number of nitrogens with zero attached hydrogens (tertiary/aromatic N) is 2. The number of halogens is 1. The van der Waals surface area contributed by atoms with Gasteiger partial charge in [-0.15, -0.1) is 0 Å². The van der Waals surface area contributed by atoms with Crippen LogP contribution < -0.4 is 4.90 Å². The Morgan fingerprint density at radius 2 is 2.11 bits per heavy atom. The van der Waals surface area contributed by atoms with Gasteiger partial charge < -0.3 is 4.90 Å². The highest BCUT2D eigenvalue weighted by Crippen LogP contribution is 2.40. The Morgan fingerprint density at radius 1 is 1.39 bits per heavy atom. The molecule has 0 amide bonds. The van der Waals surface area contributed by atoms with Crippen LogP contribution in [0.2, 0.25) is 5.02 Å². The largest absolute Gasteiger partial charge is 0.370 e. The van der Waals surface area contributed by atoms with Gasteiger partial charge in [-0.05, 0) is 36.8 Å². The minimum Gasteiger partial charge on any atom is -0.370 e. The summed E-state index contributed by atoms with van der Waals surface area (Å²) in [7, 11) is 0. The van der Waals surface area contributed by atoms with Gasteiger partial charge in [-0.3, -0.25) is 0 Å². The van der Waals surface area contributed by atoms with Gasteiger partial charge >= 0.3 is 0 Å². The molecule has 0 bridgehead atoms. The van der Waals surface area contributed by atoms with Crippen molar-refractivity contribution in [2.45, 2.75) is 33.1 Å². The molecule has 0 N–H and O–H groups in total. The summed E-state index contributed by atoms with van der Waals surface area (Å²) >= 11 is 6.10. The van der Waals surface area contributed by atoms with Crippen LogP contribution in [0.3, 0.4) is 0 Å². The fourth-order valence-electron chi connectivity index (χ4n) is 2.85. The van der Waals surface area contributed by atoms with Crippen LogP contribution in [-0.4, -0.2) is 13.1 Å². The van der Waals surface area contributed by atoms with E-state index < -0.39 is 0 Å². The average molecular weight is 263 g/mol. The molecule has 0 aliphatic carbocycles. The highest BCUT2D eigenvalue weighted by molar-refractivity contribution is 6.32. The summed E-state index contributed by atoms with van der Waals surface area (Å²) in [6.07, 6.45) is 3.60. The second kappa shape index (κ2) is 5.20. The van der Waals surface area contributed by atoms with E-state index in [2.05, 4.69) is 24.8 Å². The molecule has 2 rings (SSSR count). The van der Waals surface area contributed by atoms with Crippen LogP contribution in [0.5, 0.6) is 0 Å².